The average Bonchev–Trinajstić information content (AvgIpc) is 3.23. The third kappa shape index (κ3) is 9.83. The molecule has 6 nitrogen and oxygen atoms in total. The van der Waals surface area contributed by atoms with Crippen LogP contribution < -0.4 is 15.4 Å². The van der Waals surface area contributed by atoms with E-state index in [1.54, 1.807) is 0 Å². The summed E-state index contributed by atoms with van der Waals surface area (Å²) < 4.78 is 11.8. The molecule has 30 heavy (non-hydrogen) atoms. The number of halogens is 1. The number of nitrogens with zero attached hydrogens (tertiary/aromatic N) is 1. The molecule has 0 amide bonds. The molecule has 2 rings (SSSR count). The maximum absolute atomic E-state index is 9.27. The standard InChI is InChI=1S/C23H39N3O3.HI/c1-4-7-19(11-12-27)15-25-23(24-5-2)26-16-20-10-9-18(3)14-22(20)29-17-21-8-6-13-28-21;/h9-10,14,19,21,27H,4-8,11-13,15-17H2,1-3H3,(H2,24,25,26);1H. The summed E-state index contributed by atoms with van der Waals surface area (Å²) in [4.78, 5) is 4.77. The molecule has 1 aromatic carbocycles. The second-order valence-electron chi connectivity index (χ2n) is 7.80. The zero-order valence-corrected chi connectivity index (χ0v) is 21.1. The molecule has 0 radical (unpaired) electrons. The minimum absolute atomic E-state index is 0. The average molecular weight is 533 g/mol. The van der Waals surface area contributed by atoms with Crippen molar-refractivity contribution in [3.63, 3.8) is 0 Å². The van der Waals surface area contributed by atoms with E-state index in [-0.39, 0.29) is 36.7 Å². The number of benzene rings is 1. The number of hydrogen-bond donors (Lipinski definition) is 3. The number of hydrogen-bond acceptors (Lipinski definition) is 4. The first kappa shape index (κ1) is 27.0. The lowest BCUT2D eigenvalue weighted by atomic mass is 10.0. The zero-order valence-electron chi connectivity index (χ0n) is 18.8. The van der Waals surface area contributed by atoms with Crippen LogP contribution in [0.15, 0.2) is 23.2 Å². The molecule has 0 bridgehead atoms. The Labute approximate surface area is 199 Å². The number of rotatable bonds is 12. The van der Waals surface area contributed by atoms with Crippen LogP contribution >= 0.6 is 24.0 Å². The fourth-order valence-electron chi connectivity index (χ4n) is 3.57. The molecule has 1 aromatic rings. The predicted molar refractivity (Wildman–Crippen MR) is 134 cm³/mol. The first-order chi connectivity index (χ1) is 14.2. The van der Waals surface area contributed by atoms with E-state index in [0.717, 1.165) is 69.1 Å². The number of aliphatic hydroxyl groups is 1. The van der Waals surface area contributed by atoms with Crippen molar-refractivity contribution in [2.75, 3.05) is 32.9 Å². The fourth-order valence-corrected chi connectivity index (χ4v) is 3.57. The number of ether oxygens (including phenoxy) is 2. The van der Waals surface area contributed by atoms with Crippen molar-refractivity contribution in [1.82, 2.24) is 10.6 Å². The Morgan fingerprint density at radius 2 is 2.13 bits per heavy atom. The fraction of sp³-hybridized carbons (Fsp3) is 0.696. The molecule has 1 aliphatic heterocycles. The van der Waals surface area contributed by atoms with Gasteiger partial charge in [-0.2, -0.15) is 0 Å². The topological polar surface area (TPSA) is 75.1 Å². The van der Waals surface area contributed by atoms with E-state index in [4.69, 9.17) is 14.5 Å². The SMILES string of the molecule is CCCC(CCO)CNC(=NCc1ccc(C)cc1OCC1CCCO1)NCC.I. The van der Waals surface area contributed by atoms with Crippen molar-refractivity contribution in [1.29, 1.82) is 0 Å². The largest absolute Gasteiger partial charge is 0.491 e. The highest BCUT2D eigenvalue weighted by Gasteiger charge is 2.17. The van der Waals surface area contributed by atoms with Crippen LogP contribution in [-0.4, -0.2) is 50.1 Å². The normalized spacial score (nSPS) is 17.3. The van der Waals surface area contributed by atoms with E-state index in [1.165, 1.54) is 5.56 Å². The van der Waals surface area contributed by atoms with Crippen LogP contribution in [0.1, 0.15) is 57.1 Å². The molecule has 2 unspecified atom stereocenters. The minimum Gasteiger partial charge on any atom is -0.491 e. The molecule has 7 heteroatoms. The monoisotopic (exact) mass is 533 g/mol. The highest BCUT2D eigenvalue weighted by atomic mass is 127. The second kappa shape index (κ2) is 15.7. The van der Waals surface area contributed by atoms with Gasteiger partial charge in [-0.25, -0.2) is 4.99 Å². The van der Waals surface area contributed by atoms with Gasteiger partial charge < -0.3 is 25.2 Å². The Hall–Kier alpha value is -1.06. The maximum Gasteiger partial charge on any atom is 0.191 e. The van der Waals surface area contributed by atoms with Crippen molar-refractivity contribution in [2.45, 2.75) is 65.5 Å². The van der Waals surface area contributed by atoms with Crippen LogP contribution in [0.5, 0.6) is 5.75 Å². The predicted octanol–water partition coefficient (Wildman–Crippen LogP) is 4.02. The molecule has 0 aromatic heterocycles. The summed E-state index contributed by atoms with van der Waals surface area (Å²) in [5, 5.41) is 16.0. The van der Waals surface area contributed by atoms with Crippen molar-refractivity contribution in [2.24, 2.45) is 10.9 Å². The van der Waals surface area contributed by atoms with Gasteiger partial charge in [0.2, 0.25) is 0 Å². The van der Waals surface area contributed by atoms with E-state index < -0.39 is 0 Å². The smallest absolute Gasteiger partial charge is 0.191 e. The first-order valence-corrected chi connectivity index (χ1v) is 11.1. The van der Waals surface area contributed by atoms with Crippen molar-refractivity contribution in [3.05, 3.63) is 29.3 Å². The summed E-state index contributed by atoms with van der Waals surface area (Å²) in [6, 6.07) is 6.28. The van der Waals surface area contributed by atoms with Crippen LogP contribution in [0.4, 0.5) is 0 Å². The maximum atomic E-state index is 9.27. The molecule has 0 saturated carbocycles. The summed E-state index contributed by atoms with van der Waals surface area (Å²) in [7, 11) is 0. The number of nitrogens with one attached hydrogen (secondary N) is 2. The molecule has 3 N–H and O–H groups in total. The minimum atomic E-state index is 0. The summed E-state index contributed by atoms with van der Waals surface area (Å²) in [5.41, 5.74) is 2.25. The molecule has 1 heterocycles. The van der Waals surface area contributed by atoms with E-state index in [9.17, 15) is 5.11 Å². The van der Waals surface area contributed by atoms with Gasteiger partial charge in [0.1, 0.15) is 12.4 Å². The van der Waals surface area contributed by atoms with E-state index >= 15 is 0 Å². The van der Waals surface area contributed by atoms with Crippen LogP contribution in [0.2, 0.25) is 0 Å². The van der Waals surface area contributed by atoms with Gasteiger partial charge in [-0.05, 0) is 57.1 Å². The number of aliphatic hydroxyl groups excluding tert-OH is 1. The first-order valence-electron chi connectivity index (χ1n) is 11.1. The summed E-state index contributed by atoms with van der Waals surface area (Å²) in [5.74, 6) is 2.15. The molecule has 172 valence electrons. The Kier molecular flexibility index (Phi) is 14.1. The Bertz CT molecular complexity index is 616. The van der Waals surface area contributed by atoms with Gasteiger partial charge in [0, 0.05) is 31.9 Å². The third-order valence-electron chi connectivity index (χ3n) is 5.22. The molecule has 1 aliphatic rings. The van der Waals surface area contributed by atoms with E-state index in [2.05, 4.69) is 49.6 Å². The number of aryl methyl sites for hydroxylation is 1. The van der Waals surface area contributed by atoms with Crippen LogP contribution in [-0.2, 0) is 11.3 Å². The van der Waals surface area contributed by atoms with Gasteiger partial charge >= 0.3 is 0 Å². The van der Waals surface area contributed by atoms with Gasteiger partial charge in [0.25, 0.3) is 0 Å². The van der Waals surface area contributed by atoms with Crippen molar-refractivity contribution < 1.29 is 14.6 Å². The van der Waals surface area contributed by atoms with Crippen molar-refractivity contribution in [3.8, 4) is 5.75 Å². The molecule has 0 aliphatic carbocycles. The van der Waals surface area contributed by atoms with E-state index in [1.807, 2.05) is 0 Å². The Balaban J connectivity index is 0.00000450. The zero-order chi connectivity index (χ0) is 20.9. The van der Waals surface area contributed by atoms with Gasteiger partial charge in [-0.1, -0.05) is 25.5 Å². The van der Waals surface area contributed by atoms with Crippen LogP contribution in [0.3, 0.4) is 0 Å². The summed E-state index contributed by atoms with van der Waals surface area (Å²) in [6.45, 7) is 10.2. The molecule has 0 spiro atoms. The second-order valence-corrected chi connectivity index (χ2v) is 7.80. The Morgan fingerprint density at radius 1 is 1.30 bits per heavy atom. The highest BCUT2D eigenvalue weighted by molar-refractivity contribution is 14.0. The molecule has 1 saturated heterocycles. The number of aliphatic imine (C=N–C) groups is 1. The van der Waals surface area contributed by atoms with Gasteiger partial charge in [0.05, 0.1) is 12.6 Å². The quantitative estimate of drug-likeness (QED) is 0.215. The lowest BCUT2D eigenvalue weighted by Gasteiger charge is -2.18. The van der Waals surface area contributed by atoms with Gasteiger partial charge in [0.15, 0.2) is 5.96 Å². The van der Waals surface area contributed by atoms with Gasteiger partial charge in [-0.3, -0.25) is 0 Å². The van der Waals surface area contributed by atoms with Crippen LogP contribution in [0.25, 0.3) is 0 Å². The Morgan fingerprint density at radius 3 is 2.80 bits per heavy atom. The van der Waals surface area contributed by atoms with E-state index in [0.29, 0.717) is 19.1 Å². The lowest BCUT2D eigenvalue weighted by molar-refractivity contribution is 0.0676. The molecule has 2 atom stereocenters. The van der Waals surface area contributed by atoms with Crippen molar-refractivity contribution >= 4 is 29.9 Å². The molecular weight excluding hydrogens is 493 g/mol. The van der Waals surface area contributed by atoms with Crippen LogP contribution in [0, 0.1) is 12.8 Å². The lowest BCUT2D eigenvalue weighted by Crippen LogP contribution is -2.40. The summed E-state index contributed by atoms with van der Waals surface area (Å²) in [6.07, 6.45) is 5.43. The molecular formula is C23H40IN3O3. The third-order valence-corrected chi connectivity index (χ3v) is 5.22. The number of guanidine groups is 1. The summed E-state index contributed by atoms with van der Waals surface area (Å²) >= 11 is 0. The highest BCUT2D eigenvalue weighted by Crippen LogP contribution is 2.23. The molecule has 1 fully saturated rings. The van der Waals surface area contributed by atoms with Gasteiger partial charge in [-0.15, -0.1) is 24.0 Å².